The number of nitrogens with zero attached hydrogens (tertiary/aromatic N) is 12. The predicted molar refractivity (Wildman–Crippen MR) is 581 cm³/mol. The van der Waals surface area contributed by atoms with Crippen molar-refractivity contribution in [1.82, 2.24) is 62.8 Å². The Morgan fingerprint density at radius 1 is 0.430 bits per heavy atom. The van der Waals surface area contributed by atoms with Gasteiger partial charge in [-0.3, -0.25) is 38.5 Å². The van der Waals surface area contributed by atoms with Crippen LogP contribution in [0.1, 0.15) is 216 Å². The highest BCUT2D eigenvalue weighted by Gasteiger charge is 2.23. The number of H-pyrrole nitrogens is 1. The number of carbonyl (C=O) groups is 2. The summed E-state index contributed by atoms with van der Waals surface area (Å²) >= 11 is 1.66. The summed E-state index contributed by atoms with van der Waals surface area (Å²) in [5.41, 5.74) is 19.7. The van der Waals surface area contributed by atoms with Crippen molar-refractivity contribution in [2.24, 2.45) is 14.1 Å². The molecule has 135 heavy (non-hydrogen) atoms. The number of hydrogen-bond acceptors (Lipinski definition) is 14. The molecule has 0 unspecified atom stereocenters. The molecule has 2 N–H and O–H groups in total. The maximum atomic E-state index is 11.5. The second kappa shape index (κ2) is 72.8. The number of carbonyl (C=O) groups excluding carboxylic acids is 2. The zero-order valence-electron chi connectivity index (χ0n) is 87.3. The van der Waals surface area contributed by atoms with Crippen LogP contribution in [0.5, 0.6) is 11.5 Å². The smallest absolute Gasteiger partial charge is 0.326 e. The molecule has 2 amide bonds. The SMILES string of the molecule is CC.CC.CC.CC.CC.CC.CC.CC.CC.CC.CC.CC1=CCN2C=CC=CN2C1=O.Cc1cc2ccccc2cn1.Cc1ccc2c(c1)CCC(=O)N2.Cc1ccc2c(c1)OCO2.Cc1ccc2ccccc2n1.Cc1ccc2ncccc2c1.Cc1ccoc1.Cc1cnc2ccccn12.Cc1cnc2sccn12.Cn1c(=O)[nH]c2ccccc21.Cn1cnc2ccccc21. The Bertz CT molecular complexity index is 5910. The van der Waals surface area contributed by atoms with Gasteiger partial charge in [0.15, 0.2) is 16.5 Å². The number of hydrazine groups is 1. The average molecular weight is 1850 g/mol. The van der Waals surface area contributed by atoms with E-state index in [2.05, 4.69) is 124 Å². The molecule has 14 heterocycles. The number of ether oxygens (including phenoxy) is 2. The summed E-state index contributed by atoms with van der Waals surface area (Å²) in [5.74, 6) is 1.90. The molecule has 21 heteroatoms. The molecule has 0 saturated heterocycles. The van der Waals surface area contributed by atoms with E-state index in [0.29, 0.717) is 13.2 Å². The number of aromatic amines is 1. The summed E-state index contributed by atoms with van der Waals surface area (Å²) in [6.45, 7) is 63.3. The van der Waals surface area contributed by atoms with Crippen molar-refractivity contribution in [1.29, 1.82) is 0 Å². The molecule has 0 saturated carbocycles. The van der Waals surface area contributed by atoms with Crippen LogP contribution in [0.25, 0.3) is 65.3 Å². The standard InChI is InChI=1S/C10H11NO.3C10H9N.C9H10N2O.C8H8N2O.2C8H8N2.C8H8O2.C6H6N2S.C5H6O.11C2H6/c1-7-2-4-9-8(6-7)3-5-10(12)11-9;1-8-4-5-10-9(7-8)3-2-6-11-10;1-8-6-9-4-2-3-5-10(9)7-11-8;1-8-6-7-9-4-2-3-5-10(9)11-8;1-8-4-7-10-5-2-3-6-11(10)9(8)12;1-10-7-5-3-2-4-6(7)9-8(10)11;1-10-6-9-7-4-2-3-5-8(7)10;1-7-6-9-8-4-2-3-5-10(7)8;1-6-2-3-7-8(4-6)10-5-9-7;1-5-4-7-6-8(5)2-3-9-6;1-5-2-3-6-4-5;11*1-2/h2,4,6H,3,5H2,1H3,(H,11,12);3*2-7H,1H3;2-6H,7H2,1H3;2-5H,1H3,(H,9,11);2*2-6H,1H3;2-4H,5H2,1H3;2-4H,1H3;2-4H,1H3;11*1-2H3. The Kier molecular flexibility index (Phi) is 65.3. The Balaban J connectivity index is 0.00000144. The zero-order valence-corrected chi connectivity index (χ0v) is 88.2. The van der Waals surface area contributed by atoms with E-state index < -0.39 is 0 Å². The lowest BCUT2D eigenvalue weighted by Gasteiger charge is -2.35. The summed E-state index contributed by atoms with van der Waals surface area (Å²) in [7, 11) is 3.75. The monoisotopic (exact) mass is 1850 g/mol. The minimum Gasteiger partial charge on any atom is -0.472 e. The van der Waals surface area contributed by atoms with Crippen LogP contribution in [0.15, 0.2) is 313 Å². The number of para-hydroxylation sites is 5. The topological polar surface area (TPSA) is 213 Å². The van der Waals surface area contributed by atoms with Gasteiger partial charge in [-0.15, -0.1) is 11.3 Å². The summed E-state index contributed by atoms with van der Waals surface area (Å²) < 4.78 is 22.7. The molecule has 0 atom stereocenters. The van der Waals surface area contributed by atoms with E-state index in [1.165, 1.54) is 66.3 Å². The third-order valence-electron chi connectivity index (χ3n) is 18.0. The minimum absolute atomic E-state index is 0.0573. The van der Waals surface area contributed by atoms with Crippen LogP contribution in [0.4, 0.5) is 5.69 Å². The molecule has 726 valence electrons. The molecular weight excluding hydrogens is 1690 g/mol. The lowest BCUT2D eigenvalue weighted by molar-refractivity contribution is -0.135. The molecule has 21 rings (SSSR count). The molecule has 4 aliphatic rings. The van der Waals surface area contributed by atoms with Gasteiger partial charge in [0.1, 0.15) is 5.65 Å². The lowest BCUT2D eigenvalue weighted by Crippen LogP contribution is -2.44. The molecule has 4 aliphatic heterocycles. The number of imidazole rings is 4. The molecule has 0 aliphatic carbocycles. The van der Waals surface area contributed by atoms with E-state index in [1.807, 2.05) is 436 Å². The maximum absolute atomic E-state index is 11.5. The quantitative estimate of drug-likeness (QED) is 0.145. The van der Waals surface area contributed by atoms with Crippen molar-refractivity contribution in [2.45, 2.75) is 227 Å². The van der Waals surface area contributed by atoms with Gasteiger partial charge in [0, 0.05) is 126 Å². The fourth-order valence-corrected chi connectivity index (χ4v) is 12.6. The number of fused-ring (bicyclic) bond motifs is 10. The second-order valence-corrected chi connectivity index (χ2v) is 27.7. The van der Waals surface area contributed by atoms with Crippen molar-refractivity contribution in [3.63, 3.8) is 0 Å². The van der Waals surface area contributed by atoms with E-state index >= 15 is 0 Å². The third-order valence-corrected chi connectivity index (χ3v) is 18.8. The molecule has 0 bridgehead atoms. The van der Waals surface area contributed by atoms with E-state index in [-0.39, 0.29) is 17.5 Å². The van der Waals surface area contributed by atoms with Crippen LogP contribution in [0.3, 0.4) is 0 Å². The highest BCUT2D eigenvalue weighted by atomic mass is 32.1. The van der Waals surface area contributed by atoms with Gasteiger partial charge in [0.2, 0.25) is 12.7 Å². The Labute approximate surface area is 812 Å². The van der Waals surface area contributed by atoms with E-state index in [0.717, 1.165) is 85.3 Å². The molecule has 0 fully saturated rings. The fourth-order valence-electron chi connectivity index (χ4n) is 11.8. The first-order chi connectivity index (χ1) is 65.8. The van der Waals surface area contributed by atoms with Crippen molar-refractivity contribution in [3.05, 3.63) is 365 Å². The first-order valence-corrected chi connectivity index (χ1v) is 48.8. The second-order valence-electron chi connectivity index (χ2n) is 26.9. The molecule has 7 aromatic carbocycles. The molecule has 17 aromatic rings. The largest absolute Gasteiger partial charge is 0.472 e. The van der Waals surface area contributed by atoms with Gasteiger partial charge in [0.25, 0.3) is 5.91 Å². The van der Waals surface area contributed by atoms with Crippen LogP contribution in [0, 0.1) is 55.4 Å². The number of pyridine rings is 4. The Hall–Kier alpha value is -13.8. The first-order valence-electron chi connectivity index (χ1n) is 47.9. The van der Waals surface area contributed by atoms with Crippen molar-refractivity contribution in [3.8, 4) is 11.5 Å². The number of furan rings is 1. The summed E-state index contributed by atoms with van der Waals surface area (Å²) in [5, 5.41) is 13.3. The highest BCUT2D eigenvalue weighted by Crippen LogP contribution is 2.32. The van der Waals surface area contributed by atoms with Gasteiger partial charge in [-0.25, -0.2) is 24.8 Å². The number of amides is 2. The fraction of sp³-hybridized carbons (Fsp3) is 0.325. The van der Waals surface area contributed by atoms with Crippen molar-refractivity contribution in [2.75, 3.05) is 18.7 Å². The van der Waals surface area contributed by atoms with Crippen molar-refractivity contribution < 1.29 is 23.5 Å². The summed E-state index contributed by atoms with van der Waals surface area (Å²) in [6, 6.07) is 68.5. The third kappa shape index (κ3) is 41.9. The number of rotatable bonds is 0. The number of aromatic nitrogens is 11. The normalized spacial score (nSPS) is 10.8. The predicted octanol–water partition coefficient (Wildman–Crippen LogP) is 30.9. The van der Waals surface area contributed by atoms with Gasteiger partial charge >= 0.3 is 5.69 Å². The van der Waals surface area contributed by atoms with Crippen molar-refractivity contribution >= 4 is 94.1 Å². The van der Waals surface area contributed by atoms with E-state index in [1.54, 1.807) is 46.7 Å². The molecule has 10 aromatic heterocycles. The lowest BCUT2D eigenvalue weighted by atomic mass is 10.0. The number of aryl methyl sites for hydroxylation is 11. The van der Waals surface area contributed by atoms with Crippen LogP contribution in [0.2, 0.25) is 0 Å². The van der Waals surface area contributed by atoms with Crippen LogP contribution in [-0.2, 0) is 30.1 Å². The molecule has 0 spiro atoms. The number of hydrogen-bond donors (Lipinski definition) is 2. The van der Waals surface area contributed by atoms with Crippen LogP contribution in [-0.4, -0.2) is 88.0 Å². The summed E-state index contributed by atoms with van der Waals surface area (Å²) in [6.07, 6.45) is 27.6. The number of anilines is 1. The zero-order chi connectivity index (χ0) is 102. The van der Waals surface area contributed by atoms with E-state index in [4.69, 9.17) is 13.9 Å². The minimum atomic E-state index is -0.0637. The average Bonchev–Trinajstić information content (AvgIpc) is 1.44. The van der Waals surface area contributed by atoms with Gasteiger partial charge in [-0.05, 0) is 200 Å². The Morgan fingerprint density at radius 2 is 1.01 bits per heavy atom. The van der Waals surface area contributed by atoms with Gasteiger partial charge in [0.05, 0.1) is 58.5 Å². The maximum Gasteiger partial charge on any atom is 0.326 e. The number of nitrogens with one attached hydrogen (secondary N) is 2. The molecule has 20 nitrogen and oxygen atoms in total. The van der Waals surface area contributed by atoms with Crippen LogP contribution >= 0.6 is 11.3 Å². The Morgan fingerprint density at radius 3 is 1.65 bits per heavy atom. The first kappa shape index (κ1) is 121. The van der Waals surface area contributed by atoms with Gasteiger partial charge in [-0.2, -0.15) is 0 Å². The number of allylic oxidation sites excluding steroid dienone is 2. The molecular formula is C114H158N14O6S. The van der Waals surface area contributed by atoms with Crippen LogP contribution < -0.4 is 20.5 Å². The van der Waals surface area contributed by atoms with Gasteiger partial charge in [-0.1, -0.05) is 279 Å². The number of benzene rings is 7. The van der Waals surface area contributed by atoms with E-state index in [9.17, 15) is 14.4 Å². The number of thiazole rings is 1. The highest BCUT2D eigenvalue weighted by molar-refractivity contribution is 7.15. The summed E-state index contributed by atoms with van der Waals surface area (Å²) in [4.78, 5) is 62.7. The molecule has 0 radical (unpaired) electrons. The van der Waals surface area contributed by atoms with Gasteiger partial charge < -0.3 is 33.2 Å².